The van der Waals surface area contributed by atoms with E-state index in [9.17, 15) is 34.5 Å². The maximum Gasteiger partial charge on any atom is 0.326 e. The predicted molar refractivity (Wildman–Crippen MR) is 117 cm³/mol. The highest BCUT2D eigenvalue weighted by Crippen LogP contribution is 2.14. The van der Waals surface area contributed by atoms with Crippen molar-refractivity contribution in [3.63, 3.8) is 0 Å². The largest absolute Gasteiger partial charge is 0.508 e. The summed E-state index contributed by atoms with van der Waals surface area (Å²) in [7, 11) is 0. The standard InChI is InChI=1S/C22H23ClN2O8/c23-11-19(27)24-17(21(29)30)10-14-3-7-16(8-4-14)33-12-20(28)25-18(22(31)32)9-13-1-5-15(26)6-2-13/h1-8,17-18,26H,9-12H2,(H,24,27)(H,25,28)(H,29,30)(H,31,32)/t17-,18-/m0/s1. The van der Waals surface area contributed by atoms with Crippen LogP contribution in [0.15, 0.2) is 48.5 Å². The number of ether oxygens (including phenoxy) is 1. The number of carbonyl (C=O) groups excluding carboxylic acids is 2. The molecule has 2 aromatic carbocycles. The van der Waals surface area contributed by atoms with E-state index in [-0.39, 0.29) is 24.5 Å². The number of phenols is 1. The number of amides is 2. The SMILES string of the molecule is O=C(CCl)N[C@@H](Cc1ccc(OCC(=O)N[C@@H](Cc2ccc(O)cc2)C(=O)O)cc1)C(=O)O. The molecule has 176 valence electrons. The van der Waals surface area contributed by atoms with Crippen molar-refractivity contribution in [3.05, 3.63) is 59.7 Å². The van der Waals surface area contributed by atoms with E-state index in [2.05, 4.69) is 10.6 Å². The topological polar surface area (TPSA) is 162 Å². The number of alkyl halides is 1. The van der Waals surface area contributed by atoms with E-state index in [0.717, 1.165) is 0 Å². The summed E-state index contributed by atoms with van der Waals surface area (Å²) in [5.74, 6) is -3.64. The summed E-state index contributed by atoms with van der Waals surface area (Å²) >= 11 is 5.38. The highest BCUT2D eigenvalue weighted by molar-refractivity contribution is 6.27. The first-order valence-electron chi connectivity index (χ1n) is 9.78. The summed E-state index contributed by atoms with van der Waals surface area (Å²) in [6.45, 7) is -0.428. The molecular weight excluding hydrogens is 456 g/mol. The van der Waals surface area contributed by atoms with Crippen molar-refractivity contribution in [2.45, 2.75) is 24.9 Å². The number of benzene rings is 2. The number of aliphatic carboxylic acids is 2. The van der Waals surface area contributed by atoms with Crippen LogP contribution in [0.4, 0.5) is 0 Å². The lowest BCUT2D eigenvalue weighted by Crippen LogP contribution is -2.44. The monoisotopic (exact) mass is 478 g/mol. The van der Waals surface area contributed by atoms with Gasteiger partial charge in [-0.1, -0.05) is 24.3 Å². The highest BCUT2D eigenvalue weighted by atomic mass is 35.5. The van der Waals surface area contributed by atoms with Crippen molar-refractivity contribution < 1.29 is 39.2 Å². The van der Waals surface area contributed by atoms with E-state index >= 15 is 0 Å². The van der Waals surface area contributed by atoms with Gasteiger partial charge in [0.25, 0.3) is 5.91 Å². The van der Waals surface area contributed by atoms with Gasteiger partial charge in [0.15, 0.2) is 6.61 Å². The lowest BCUT2D eigenvalue weighted by atomic mass is 10.1. The van der Waals surface area contributed by atoms with Crippen LogP contribution in [0.1, 0.15) is 11.1 Å². The molecule has 0 saturated carbocycles. The summed E-state index contributed by atoms with van der Waals surface area (Å²) in [5.41, 5.74) is 1.23. The molecule has 0 bridgehead atoms. The number of hydrogen-bond donors (Lipinski definition) is 5. The molecule has 11 heteroatoms. The van der Waals surface area contributed by atoms with Crippen LogP contribution in [0.3, 0.4) is 0 Å². The first-order chi connectivity index (χ1) is 15.7. The average Bonchev–Trinajstić information content (AvgIpc) is 2.78. The molecule has 0 heterocycles. The Bertz CT molecular complexity index is 979. The van der Waals surface area contributed by atoms with E-state index in [1.54, 1.807) is 24.3 Å². The normalized spacial score (nSPS) is 12.3. The Morgan fingerprint density at radius 3 is 1.70 bits per heavy atom. The van der Waals surface area contributed by atoms with Gasteiger partial charge in [-0.3, -0.25) is 9.59 Å². The fraction of sp³-hybridized carbons (Fsp3) is 0.273. The van der Waals surface area contributed by atoms with Crippen LogP contribution < -0.4 is 15.4 Å². The first kappa shape index (κ1) is 25.5. The number of halogens is 1. The smallest absolute Gasteiger partial charge is 0.326 e. The molecule has 0 aromatic heterocycles. The van der Waals surface area contributed by atoms with Gasteiger partial charge in [-0.2, -0.15) is 0 Å². The summed E-state index contributed by atoms with van der Waals surface area (Å²) in [6.07, 6.45) is 0.0529. The van der Waals surface area contributed by atoms with Gasteiger partial charge in [-0.05, 0) is 35.4 Å². The molecular formula is C22H23ClN2O8. The fourth-order valence-electron chi connectivity index (χ4n) is 2.84. The lowest BCUT2D eigenvalue weighted by molar-refractivity contribution is -0.142. The number of aromatic hydroxyl groups is 1. The number of phenolic OH excluding ortho intramolecular Hbond substituents is 1. The molecule has 33 heavy (non-hydrogen) atoms. The Morgan fingerprint density at radius 2 is 1.24 bits per heavy atom. The zero-order chi connectivity index (χ0) is 24.4. The van der Waals surface area contributed by atoms with Gasteiger partial charge >= 0.3 is 11.9 Å². The Labute approximate surface area is 194 Å². The van der Waals surface area contributed by atoms with E-state index in [0.29, 0.717) is 16.9 Å². The van der Waals surface area contributed by atoms with E-state index < -0.39 is 42.4 Å². The van der Waals surface area contributed by atoms with Crippen molar-refractivity contribution in [2.24, 2.45) is 0 Å². The van der Waals surface area contributed by atoms with Crippen LogP contribution in [-0.4, -0.2) is 63.6 Å². The molecule has 0 radical (unpaired) electrons. The van der Waals surface area contributed by atoms with E-state index in [1.807, 2.05) is 0 Å². The van der Waals surface area contributed by atoms with E-state index in [4.69, 9.17) is 16.3 Å². The van der Waals surface area contributed by atoms with Gasteiger partial charge in [0.1, 0.15) is 29.5 Å². The number of carboxylic acids is 2. The van der Waals surface area contributed by atoms with Crippen LogP contribution >= 0.6 is 11.6 Å². The number of rotatable bonds is 12. The molecule has 0 spiro atoms. The summed E-state index contributed by atoms with van der Waals surface area (Å²) in [4.78, 5) is 46.2. The maximum absolute atomic E-state index is 12.1. The summed E-state index contributed by atoms with van der Waals surface area (Å²) < 4.78 is 5.36. The van der Waals surface area contributed by atoms with Gasteiger partial charge in [0.2, 0.25) is 5.91 Å². The van der Waals surface area contributed by atoms with Crippen molar-refractivity contribution >= 4 is 35.4 Å². The molecule has 0 aliphatic carbocycles. The first-order valence-corrected chi connectivity index (χ1v) is 10.3. The number of carbonyl (C=O) groups is 4. The van der Waals surface area contributed by atoms with Crippen molar-refractivity contribution in [2.75, 3.05) is 12.5 Å². The number of hydrogen-bond acceptors (Lipinski definition) is 6. The van der Waals surface area contributed by atoms with Gasteiger partial charge in [0, 0.05) is 12.8 Å². The molecule has 2 aromatic rings. The molecule has 2 rings (SSSR count). The van der Waals surface area contributed by atoms with Crippen LogP contribution in [0.5, 0.6) is 11.5 Å². The number of nitrogens with one attached hydrogen (secondary N) is 2. The van der Waals surface area contributed by atoms with Crippen molar-refractivity contribution in [1.82, 2.24) is 10.6 Å². The zero-order valence-corrected chi connectivity index (χ0v) is 18.1. The van der Waals surface area contributed by atoms with Crippen molar-refractivity contribution in [3.8, 4) is 11.5 Å². The second-order valence-electron chi connectivity index (χ2n) is 7.06. The molecule has 2 amide bonds. The minimum Gasteiger partial charge on any atom is -0.508 e. The van der Waals surface area contributed by atoms with E-state index in [1.165, 1.54) is 24.3 Å². The molecule has 2 atom stereocenters. The minimum absolute atomic E-state index is 0.0241. The number of carboxylic acid groups (broad SMARTS) is 2. The molecule has 0 unspecified atom stereocenters. The minimum atomic E-state index is -1.21. The Kier molecular flexibility index (Phi) is 9.49. The third-order valence-corrected chi connectivity index (χ3v) is 4.74. The Morgan fingerprint density at radius 1 is 0.788 bits per heavy atom. The molecule has 0 saturated heterocycles. The molecule has 0 aliphatic rings. The molecule has 0 fully saturated rings. The Balaban J connectivity index is 1.88. The van der Waals surface area contributed by atoms with Crippen LogP contribution in [0.25, 0.3) is 0 Å². The lowest BCUT2D eigenvalue weighted by Gasteiger charge is -2.16. The highest BCUT2D eigenvalue weighted by Gasteiger charge is 2.21. The fourth-order valence-corrected chi connectivity index (χ4v) is 2.92. The maximum atomic E-state index is 12.1. The van der Waals surface area contributed by atoms with Gasteiger partial charge < -0.3 is 30.7 Å². The third-order valence-electron chi connectivity index (χ3n) is 4.50. The quantitative estimate of drug-likeness (QED) is 0.281. The second kappa shape index (κ2) is 12.3. The molecule has 5 N–H and O–H groups in total. The molecule has 10 nitrogen and oxygen atoms in total. The van der Waals surface area contributed by atoms with Gasteiger partial charge in [-0.15, -0.1) is 11.6 Å². The summed E-state index contributed by atoms with van der Waals surface area (Å²) in [6, 6.07) is 9.87. The second-order valence-corrected chi connectivity index (χ2v) is 7.32. The van der Waals surface area contributed by atoms with Gasteiger partial charge in [0.05, 0.1) is 0 Å². The Hall–Kier alpha value is -3.79. The van der Waals surface area contributed by atoms with Crippen LogP contribution in [0.2, 0.25) is 0 Å². The average molecular weight is 479 g/mol. The van der Waals surface area contributed by atoms with Crippen LogP contribution in [-0.2, 0) is 32.0 Å². The van der Waals surface area contributed by atoms with Gasteiger partial charge in [-0.25, -0.2) is 9.59 Å². The molecule has 0 aliphatic heterocycles. The summed E-state index contributed by atoms with van der Waals surface area (Å²) in [5, 5.41) is 32.6. The third kappa shape index (κ3) is 8.69. The predicted octanol–water partition coefficient (Wildman–Crippen LogP) is 0.934. The van der Waals surface area contributed by atoms with Crippen LogP contribution in [0, 0.1) is 0 Å². The zero-order valence-electron chi connectivity index (χ0n) is 17.4. The van der Waals surface area contributed by atoms with Crippen molar-refractivity contribution in [1.29, 1.82) is 0 Å².